The summed E-state index contributed by atoms with van der Waals surface area (Å²) >= 11 is 0. The second-order valence-electron chi connectivity index (χ2n) is 6.42. The Labute approximate surface area is 134 Å². The van der Waals surface area contributed by atoms with Gasteiger partial charge in [-0.1, -0.05) is 12.1 Å². The van der Waals surface area contributed by atoms with E-state index in [2.05, 4.69) is 34.7 Å². The average Bonchev–Trinajstić information content (AvgIpc) is 2.62. The molecule has 120 valence electrons. The molecule has 0 saturated carbocycles. The number of nitrogens with zero attached hydrogens (tertiary/aromatic N) is 1. The number of rotatable bonds is 4. The molecule has 1 fully saturated rings. The van der Waals surface area contributed by atoms with Crippen LogP contribution in [0.5, 0.6) is 0 Å². The molecule has 0 amide bonds. The van der Waals surface area contributed by atoms with E-state index in [4.69, 9.17) is 4.84 Å². The first-order valence-electron chi connectivity index (χ1n) is 8.62. The average molecular weight is 300 g/mol. The lowest BCUT2D eigenvalue weighted by Gasteiger charge is -2.30. The van der Waals surface area contributed by atoms with Gasteiger partial charge in [0.1, 0.15) is 0 Å². The molecule has 22 heavy (non-hydrogen) atoms. The molecular weight excluding hydrogens is 272 g/mol. The van der Waals surface area contributed by atoms with Gasteiger partial charge in [0.2, 0.25) is 0 Å². The third kappa shape index (κ3) is 3.36. The summed E-state index contributed by atoms with van der Waals surface area (Å²) in [5.74, 6) is 0.667. The minimum absolute atomic E-state index is 0.667. The van der Waals surface area contributed by atoms with Crippen molar-refractivity contribution in [3.8, 4) is 0 Å². The highest BCUT2D eigenvalue weighted by Gasteiger charge is 2.21. The SMILES string of the molecule is CNc1ccc(C2CCN(OC)CC2)cc1C1=CCCCC1. The van der Waals surface area contributed by atoms with Gasteiger partial charge in [0.05, 0.1) is 7.11 Å². The Morgan fingerprint density at radius 3 is 2.64 bits per heavy atom. The molecule has 3 heteroatoms. The molecule has 3 rings (SSSR count). The monoisotopic (exact) mass is 300 g/mol. The van der Waals surface area contributed by atoms with E-state index in [0.29, 0.717) is 5.92 Å². The topological polar surface area (TPSA) is 24.5 Å². The van der Waals surface area contributed by atoms with Crippen LogP contribution in [0.2, 0.25) is 0 Å². The van der Waals surface area contributed by atoms with Crippen LogP contribution in [-0.4, -0.2) is 32.3 Å². The van der Waals surface area contributed by atoms with Gasteiger partial charge in [-0.25, -0.2) is 0 Å². The summed E-state index contributed by atoms with van der Waals surface area (Å²) in [5.41, 5.74) is 5.73. The number of piperidine rings is 1. The Morgan fingerprint density at radius 2 is 2.00 bits per heavy atom. The Bertz CT molecular complexity index is 530. The van der Waals surface area contributed by atoms with Crippen molar-refractivity contribution in [3.63, 3.8) is 0 Å². The number of benzene rings is 1. The van der Waals surface area contributed by atoms with Crippen LogP contribution in [0.15, 0.2) is 24.3 Å². The molecule has 0 radical (unpaired) electrons. The lowest BCUT2D eigenvalue weighted by Crippen LogP contribution is -2.31. The lowest BCUT2D eigenvalue weighted by molar-refractivity contribution is -0.143. The van der Waals surface area contributed by atoms with Crippen molar-refractivity contribution in [2.75, 3.05) is 32.6 Å². The first-order valence-corrected chi connectivity index (χ1v) is 8.62. The van der Waals surface area contributed by atoms with Gasteiger partial charge in [-0.3, -0.25) is 0 Å². The Hall–Kier alpha value is -1.32. The van der Waals surface area contributed by atoms with Crippen molar-refractivity contribution in [2.24, 2.45) is 0 Å². The minimum atomic E-state index is 0.667. The highest BCUT2D eigenvalue weighted by atomic mass is 16.7. The third-order valence-electron chi connectivity index (χ3n) is 5.13. The fourth-order valence-corrected chi connectivity index (χ4v) is 3.75. The zero-order chi connectivity index (χ0) is 15.4. The van der Waals surface area contributed by atoms with Crippen molar-refractivity contribution in [1.29, 1.82) is 0 Å². The van der Waals surface area contributed by atoms with Crippen LogP contribution < -0.4 is 5.32 Å². The molecule has 0 bridgehead atoms. The van der Waals surface area contributed by atoms with Crippen LogP contribution in [0.1, 0.15) is 55.6 Å². The van der Waals surface area contributed by atoms with Crippen molar-refractivity contribution >= 4 is 11.3 Å². The zero-order valence-corrected chi connectivity index (χ0v) is 13.9. The molecule has 0 atom stereocenters. The molecule has 1 aromatic carbocycles. The fourth-order valence-electron chi connectivity index (χ4n) is 3.75. The molecule has 3 nitrogen and oxygen atoms in total. The van der Waals surface area contributed by atoms with Crippen molar-refractivity contribution < 1.29 is 4.84 Å². The Kier molecular flexibility index (Phi) is 5.16. The summed E-state index contributed by atoms with van der Waals surface area (Å²) in [7, 11) is 3.80. The van der Waals surface area contributed by atoms with E-state index in [9.17, 15) is 0 Å². The Morgan fingerprint density at radius 1 is 1.18 bits per heavy atom. The van der Waals surface area contributed by atoms with Crippen LogP contribution in [-0.2, 0) is 4.84 Å². The highest BCUT2D eigenvalue weighted by Crippen LogP contribution is 2.36. The number of anilines is 1. The van der Waals surface area contributed by atoms with Crippen LogP contribution in [0.25, 0.3) is 5.57 Å². The third-order valence-corrected chi connectivity index (χ3v) is 5.13. The maximum Gasteiger partial charge on any atom is 0.0575 e. The summed E-state index contributed by atoms with van der Waals surface area (Å²) in [6.45, 7) is 2.07. The largest absolute Gasteiger partial charge is 0.388 e. The molecule has 1 aliphatic heterocycles. The van der Waals surface area contributed by atoms with Crippen molar-refractivity contribution in [3.05, 3.63) is 35.4 Å². The van der Waals surface area contributed by atoms with Gasteiger partial charge >= 0.3 is 0 Å². The van der Waals surface area contributed by atoms with E-state index in [-0.39, 0.29) is 0 Å². The predicted octanol–water partition coefficient (Wildman–Crippen LogP) is 4.43. The van der Waals surface area contributed by atoms with E-state index < -0.39 is 0 Å². The van der Waals surface area contributed by atoms with E-state index in [0.717, 1.165) is 13.1 Å². The molecule has 0 spiro atoms. The first-order chi connectivity index (χ1) is 10.8. The molecule has 1 heterocycles. The van der Waals surface area contributed by atoms with Gasteiger partial charge in [-0.05, 0) is 67.7 Å². The van der Waals surface area contributed by atoms with E-state index in [1.54, 1.807) is 7.11 Å². The second kappa shape index (κ2) is 7.30. The number of hydroxylamine groups is 2. The van der Waals surface area contributed by atoms with Gasteiger partial charge in [0.15, 0.2) is 0 Å². The highest BCUT2D eigenvalue weighted by molar-refractivity contribution is 5.77. The van der Waals surface area contributed by atoms with Crippen LogP contribution in [0.3, 0.4) is 0 Å². The summed E-state index contributed by atoms with van der Waals surface area (Å²) in [5, 5.41) is 5.44. The molecule has 1 saturated heterocycles. The van der Waals surface area contributed by atoms with Gasteiger partial charge in [-0.2, -0.15) is 5.06 Å². The van der Waals surface area contributed by atoms with Crippen LogP contribution in [0, 0.1) is 0 Å². The van der Waals surface area contributed by atoms with Gasteiger partial charge in [0.25, 0.3) is 0 Å². The van der Waals surface area contributed by atoms with Crippen LogP contribution in [0.4, 0.5) is 5.69 Å². The van der Waals surface area contributed by atoms with Gasteiger partial charge in [0, 0.05) is 31.4 Å². The number of hydrogen-bond acceptors (Lipinski definition) is 3. The molecular formula is C19H28N2O. The second-order valence-corrected chi connectivity index (χ2v) is 6.42. The van der Waals surface area contributed by atoms with E-state index in [1.807, 2.05) is 7.05 Å². The van der Waals surface area contributed by atoms with Crippen molar-refractivity contribution in [1.82, 2.24) is 5.06 Å². The standard InChI is InChI=1S/C19H28N2O/c1-20-19-9-8-17(15-10-12-21(22-2)13-11-15)14-18(19)16-6-4-3-5-7-16/h6,8-9,14-15,20H,3-5,7,10-13H2,1-2H3. The number of hydrogen-bond donors (Lipinski definition) is 1. The summed E-state index contributed by atoms with van der Waals surface area (Å²) in [6, 6.07) is 7.02. The first kappa shape index (κ1) is 15.6. The summed E-state index contributed by atoms with van der Waals surface area (Å²) < 4.78 is 0. The summed E-state index contributed by atoms with van der Waals surface area (Å²) in [6.07, 6.45) is 9.93. The molecule has 0 unspecified atom stereocenters. The smallest absolute Gasteiger partial charge is 0.0575 e. The van der Waals surface area contributed by atoms with Crippen LogP contribution >= 0.6 is 0 Å². The Balaban J connectivity index is 1.82. The summed E-state index contributed by atoms with van der Waals surface area (Å²) in [4.78, 5) is 5.34. The van der Waals surface area contributed by atoms with E-state index >= 15 is 0 Å². The maximum absolute atomic E-state index is 5.34. The normalized spacial score (nSPS) is 20.7. The number of allylic oxidation sites excluding steroid dienone is 2. The minimum Gasteiger partial charge on any atom is -0.388 e. The molecule has 1 aliphatic carbocycles. The maximum atomic E-state index is 5.34. The molecule has 0 aromatic heterocycles. The van der Waals surface area contributed by atoms with Crippen molar-refractivity contribution in [2.45, 2.75) is 44.4 Å². The van der Waals surface area contributed by atoms with E-state index in [1.165, 1.54) is 60.9 Å². The van der Waals surface area contributed by atoms with Gasteiger partial charge in [-0.15, -0.1) is 0 Å². The van der Waals surface area contributed by atoms with Gasteiger partial charge < -0.3 is 10.2 Å². The predicted molar refractivity (Wildman–Crippen MR) is 93.0 cm³/mol. The molecule has 1 aromatic rings. The molecule has 2 aliphatic rings. The quantitative estimate of drug-likeness (QED) is 0.890. The zero-order valence-electron chi connectivity index (χ0n) is 13.9. The molecule has 1 N–H and O–H groups in total. The lowest BCUT2D eigenvalue weighted by atomic mass is 9.86. The fraction of sp³-hybridized carbons (Fsp3) is 0.579. The number of nitrogens with one attached hydrogen (secondary N) is 1.